The van der Waals surface area contributed by atoms with Gasteiger partial charge in [-0.15, -0.1) is 0 Å². The van der Waals surface area contributed by atoms with Gasteiger partial charge in [-0.2, -0.15) is 0 Å². The van der Waals surface area contributed by atoms with Gasteiger partial charge in [-0.25, -0.2) is 0 Å². The van der Waals surface area contributed by atoms with Gasteiger partial charge in [0.1, 0.15) is 0 Å². The van der Waals surface area contributed by atoms with Crippen LogP contribution in [0, 0.1) is 12.8 Å². The van der Waals surface area contributed by atoms with Crippen molar-refractivity contribution in [3.63, 3.8) is 0 Å². The van der Waals surface area contributed by atoms with Crippen LogP contribution in [0.3, 0.4) is 0 Å². The standard InChI is InChI=1S/C30H40N4O/c1-3-33-16-8-12-27(33)20-31-30(35)24-14-17-32(18-15-24)22-28-19-25-10-6-7-13-29(25)34(28)21-26-11-5-4-9-23(26)2/h4-7,9-11,13,19,24,27H,3,8,12,14-18,20-22H2,1-2H3,(H,31,35)/t27-/m1/s1. The number of likely N-dealkylation sites (tertiary alicyclic amines) is 2. The van der Waals surface area contributed by atoms with E-state index < -0.39 is 0 Å². The highest BCUT2D eigenvalue weighted by Gasteiger charge is 2.28. The maximum atomic E-state index is 12.9. The van der Waals surface area contributed by atoms with E-state index in [1.54, 1.807) is 0 Å². The lowest BCUT2D eigenvalue weighted by atomic mass is 9.95. The van der Waals surface area contributed by atoms with E-state index in [1.165, 1.54) is 47.1 Å². The average Bonchev–Trinajstić information content (AvgIpc) is 3.48. The first-order valence-electron chi connectivity index (χ1n) is 13.5. The molecular formula is C30H40N4O. The predicted molar refractivity (Wildman–Crippen MR) is 143 cm³/mol. The van der Waals surface area contributed by atoms with Crippen molar-refractivity contribution in [2.45, 2.75) is 58.7 Å². The van der Waals surface area contributed by atoms with Gasteiger partial charge >= 0.3 is 0 Å². The van der Waals surface area contributed by atoms with Crippen molar-refractivity contribution >= 4 is 16.8 Å². The third kappa shape index (κ3) is 5.46. The Hall–Kier alpha value is -2.63. The van der Waals surface area contributed by atoms with Gasteiger partial charge in [0.05, 0.1) is 0 Å². The van der Waals surface area contributed by atoms with Crippen LogP contribution in [0.2, 0.25) is 0 Å². The molecule has 5 rings (SSSR count). The highest BCUT2D eigenvalue weighted by atomic mass is 16.1. The fourth-order valence-corrected chi connectivity index (χ4v) is 6.03. The van der Waals surface area contributed by atoms with E-state index in [4.69, 9.17) is 0 Å². The topological polar surface area (TPSA) is 40.5 Å². The van der Waals surface area contributed by atoms with Crippen LogP contribution in [0.1, 0.15) is 49.4 Å². The van der Waals surface area contributed by atoms with Crippen molar-refractivity contribution in [1.29, 1.82) is 0 Å². The first-order valence-corrected chi connectivity index (χ1v) is 13.5. The third-order valence-electron chi connectivity index (χ3n) is 8.25. The van der Waals surface area contributed by atoms with Crippen LogP contribution in [0.25, 0.3) is 10.9 Å². The lowest BCUT2D eigenvalue weighted by Crippen LogP contribution is -2.44. The van der Waals surface area contributed by atoms with Crippen LogP contribution < -0.4 is 5.32 Å². The molecule has 1 N–H and O–H groups in total. The Bertz CT molecular complexity index is 1140. The van der Waals surface area contributed by atoms with Gasteiger partial charge in [0, 0.05) is 42.8 Å². The van der Waals surface area contributed by atoms with Gasteiger partial charge < -0.3 is 9.88 Å². The summed E-state index contributed by atoms with van der Waals surface area (Å²) in [5, 5.41) is 4.58. The Morgan fingerprint density at radius 3 is 2.54 bits per heavy atom. The summed E-state index contributed by atoms with van der Waals surface area (Å²) in [6, 6.07) is 20.3. The van der Waals surface area contributed by atoms with E-state index in [0.29, 0.717) is 6.04 Å². The summed E-state index contributed by atoms with van der Waals surface area (Å²) in [6.45, 7) is 11.3. The molecule has 1 aromatic heterocycles. The minimum Gasteiger partial charge on any atom is -0.354 e. The smallest absolute Gasteiger partial charge is 0.223 e. The number of fused-ring (bicyclic) bond motifs is 1. The monoisotopic (exact) mass is 472 g/mol. The van der Waals surface area contributed by atoms with Gasteiger partial charge in [0.25, 0.3) is 0 Å². The van der Waals surface area contributed by atoms with Crippen molar-refractivity contribution in [1.82, 2.24) is 19.7 Å². The van der Waals surface area contributed by atoms with Crippen LogP contribution in [-0.4, -0.2) is 59.0 Å². The maximum Gasteiger partial charge on any atom is 0.223 e. The molecule has 186 valence electrons. The number of carbonyl (C=O) groups is 1. The summed E-state index contributed by atoms with van der Waals surface area (Å²) >= 11 is 0. The number of benzene rings is 2. The molecule has 3 aromatic rings. The number of hydrogen-bond donors (Lipinski definition) is 1. The van der Waals surface area contributed by atoms with Crippen LogP contribution in [-0.2, 0) is 17.9 Å². The summed E-state index contributed by atoms with van der Waals surface area (Å²) < 4.78 is 2.48. The van der Waals surface area contributed by atoms with Gasteiger partial charge in [0.15, 0.2) is 0 Å². The number of likely N-dealkylation sites (N-methyl/N-ethyl adjacent to an activating group) is 1. The minimum absolute atomic E-state index is 0.153. The molecule has 5 nitrogen and oxygen atoms in total. The molecule has 2 saturated heterocycles. The molecule has 2 aromatic carbocycles. The maximum absolute atomic E-state index is 12.9. The van der Waals surface area contributed by atoms with Gasteiger partial charge in [-0.1, -0.05) is 49.4 Å². The highest BCUT2D eigenvalue weighted by Crippen LogP contribution is 2.26. The molecule has 0 unspecified atom stereocenters. The van der Waals surface area contributed by atoms with Gasteiger partial charge in [-0.05, 0) is 87.4 Å². The second kappa shape index (κ2) is 11.0. The van der Waals surface area contributed by atoms with Crippen LogP contribution in [0.5, 0.6) is 0 Å². The summed E-state index contributed by atoms with van der Waals surface area (Å²) in [5.74, 6) is 0.418. The number of hydrogen-bond acceptors (Lipinski definition) is 3. The SMILES string of the molecule is CCN1CCC[C@@H]1CNC(=O)C1CCN(Cc2cc3ccccc3n2Cc2ccccc2C)CC1. The summed E-state index contributed by atoms with van der Waals surface area (Å²) in [5.41, 5.74) is 5.36. The van der Waals surface area contributed by atoms with Crippen molar-refractivity contribution in [3.05, 3.63) is 71.4 Å². The number of nitrogens with zero attached hydrogens (tertiary/aromatic N) is 3. The number of carbonyl (C=O) groups excluding carboxylic acids is 1. The Kier molecular flexibility index (Phi) is 7.54. The van der Waals surface area contributed by atoms with Crippen molar-refractivity contribution in [3.8, 4) is 0 Å². The molecule has 2 fully saturated rings. The molecule has 0 bridgehead atoms. The zero-order valence-corrected chi connectivity index (χ0v) is 21.4. The predicted octanol–water partition coefficient (Wildman–Crippen LogP) is 4.81. The lowest BCUT2D eigenvalue weighted by Gasteiger charge is -2.32. The van der Waals surface area contributed by atoms with Gasteiger partial charge in [-0.3, -0.25) is 14.6 Å². The molecule has 2 aliphatic rings. The van der Waals surface area contributed by atoms with E-state index in [9.17, 15) is 4.79 Å². The molecule has 0 aliphatic carbocycles. The van der Waals surface area contributed by atoms with Crippen molar-refractivity contribution in [2.75, 3.05) is 32.7 Å². The Balaban J connectivity index is 1.21. The molecular weight excluding hydrogens is 432 g/mol. The third-order valence-corrected chi connectivity index (χ3v) is 8.25. The van der Waals surface area contributed by atoms with Gasteiger partial charge in [0.2, 0.25) is 5.91 Å². The van der Waals surface area contributed by atoms with Crippen molar-refractivity contribution in [2.24, 2.45) is 5.92 Å². The zero-order chi connectivity index (χ0) is 24.2. The largest absolute Gasteiger partial charge is 0.354 e. The summed E-state index contributed by atoms with van der Waals surface area (Å²) in [6.07, 6.45) is 4.37. The fourth-order valence-electron chi connectivity index (χ4n) is 6.03. The first kappa shape index (κ1) is 24.1. The molecule has 1 atom stereocenters. The van der Waals surface area contributed by atoms with Crippen LogP contribution in [0.15, 0.2) is 54.6 Å². The first-order chi connectivity index (χ1) is 17.1. The summed E-state index contributed by atoms with van der Waals surface area (Å²) in [4.78, 5) is 17.9. The number of aryl methyl sites for hydroxylation is 1. The van der Waals surface area contributed by atoms with Crippen LogP contribution >= 0.6 is 0 Å². The molecule has 5 heteroatoms. The van der Waals surface area contributed by atoms with E-state index in [2.05, 4.69) is 88.1 Å². The summed E-state index contributed by atoms with van der Waals surface area (Å²) in [7, 11) is 0. The minimum atomic E-state index is 0.153. The molecule has 0 spiro atoms. The number of amides is 1. The zero-order valence-electron chi connectivity index (χ0n) is 21.4. The molecule has 1 amide bonds. The molecule has 3 heterocycles. The number of nitrogens with one attached hydrogen (secondary N) is 1. The number of para-hydroxylation sites is 1. The van der Waals surface area contributed by atoms with E-state index in [-0.39, 0.29) is 11.8 Å². The lowest BCUT2D eigenvalue weighted by molar-refractivity contribution is -0.126. The Morgan fingerprint density at radius 1 is 0.971 bits per heavy atom. The number of rotatable bonds is 8. The normalized spacial score (nSPS) is 20.0. The highest BCUT2D eigenvalue weighted by molar-refractivity contribution is 5.81. The number of aromatic nitrogens is 1. The molecule has 35 heavy (non-hydrogen) atoms. The van der Waals surface area contributed by atoms with E-state index in [0.717, 1.165) is 52.1 Å². The van der Waals surface area contributed by atoms with Crippen LogP contribution in [0.4, 0.5) is 0 Å². The molecule has 2 aliphatic heterocycles. The quantitative estimate of drug-likeness (QED) is 0.511. The van der Waals surface area contributed by atoms with E-state index in [1.807, 2.05) is 0 Å². The second-order valence-electron chi connectivity index (χ2n) is 10.4. The van der Waals surface area contributed by atoms with E-state index >= 15 is 0 Å². The second-order valence-corrected chi connectivity index (χ2v) is 10.4. The average molecular weight is 473 g/mol. The molecule has 0 radical (unpaired) electrons. The Labute approximate surface area is 210 Å². The van der Waals surface area contributed by atoms with Crippen molar-refractivity contribution < 1.29 is 4.79 Å². The Morgan fingerprint density at radius 2 is 1.74 bits per heavy atom. The fraction of sp³-hybridized carbons (Fsp3) is 0.500. The number of piperidine rings is 1. The molecule has 0 saturated carbocycles.